The van der Waals surface area contributed by atoms with E-state index < -0.39 is 0 Å². The lowest BCUT2D eigenvalue weighted by Gasteiger charge is -2.34. The van der Waals surface area contributed by atoms with E-state index in [1.807, 2.05) is 43.8 Å². The maximum absolute atomic E-state index is 8.75. The molecule has 4 rings (SSSR count). The van der Waals surface area contributed by atoms with Crippen LogP contribution in [0.25, 0.3) is 5.65 Å². The number of pyridine rings is 1. The maximum Gasteiger partial charge on any atom is 0.184 e. The highest BCUT2D eigenvalue weighted by atomic mass is 15.3. The predicted octanol–water partition coefficient (Wildman–Crippen LogP) is 4.20. The minimum atomic E-state index is -0.165. The van der Waals surface area contributed by atoms with Crippen molar-refractivity contribution in [2.24, 2.45) is 5.92 Å². The summed E-state index contributed by atoms with van der Waals surface area (Å²) in [4.78, 5) is 2.18. The first-order valence-corrected chi connectivity index (χ1v) is 10.9. The molecule has 1 aliphatic rings. The Balaban J connectivity index is 1.89. The molecular formula is C25H31N7. The molecule has 7 heteroatoms. The molecule has 0 aliphatic heterocycles. The van der Waals surface area contributed by atoms with Crippen molar-refractivity contribution in [3.8, 4) is 0 Å². The van der Waals surface area contributed by atoms with Crippen LogP contribution in [0, 0.1) is 25.2 Å². The molecule has 3 aromatic rings. The van der Waals surface area contributed by atoms with E-state index in [1.165, 1.54) is 5.56 Å². The Labute approximate surface area is 189 Å². The van der Waals surface area contributed by atoms with Crippen LogP contribution in [0.5, 0.6) is 0 Å². The summed E-state index contributed by atoms with van der Waals surface area (Å²) >= 11 is 0. The molecule has 1 atom stereocenters. The summed E-state index contributed by atoms with van der Waals surface area (Å²) < 4.78 is 1.91. The average Bonchev–Trinajstić information content (AvgIpc) is 3.57. The Bertz CT molecular complexity index is 1200. The largest absolute Gasteiger partial charge is 0.396 e. The van der Waals surface area contributed by atoms with E-state index in [0.29, 0.717) is 23.0 Å². The first kappa shape index (κ1) is 21.6. The zero-order chi connectivity index (χ0) is 23.0. The number of nitrogen functional groups attached to an aromatic ring is 1. The van der Waals surface area contributed by atoms with Crippen LogP contribution in [0.1, 0.15) is 35.8 Å². The quantitative estimate of drug-likeness (QED) is 0.369. The molecule has 1 aliphatic carbocycles. The van der Waals surface area contributed by atoms with Crippen molar-refractivity contribution >= 4 is 22.7 Å². The van der Waals surface area contributed by atoms with Gasteiger partial charge in [0.1, 0.15) is 5.82 Å². The van der Waals surface area contributed by atoms with Gasteiger partial charge in [-0.05, 0) is 38.3 Å². The first-order valence-electron chi connectivity index (χ1n) is 10.9. The van der Waals surface area contributed by atoms with E-state index in [1.54, 1.807) is 0 Å². The lowest BCUT2D eigenvalue weighted by molar-refractivity contribution is 0.702. The van der Waals surface area contributed by atoms with E-state index in [9.17, 15) is 0 Å². The molecule has 7 nitrogen and oxygen atoms in total. The summed E-state index contributed by atoms with van der Waals surface area (Å²) in [5.74, 6) is 1.10. The van der Waals surface area contributed by atoms with Gasteiger partial charge in [0.2, 0.25) is 0 Å². The van der Waals surface area contributed by atoms with Crippen molar-refractivity contribution in [3.05, 3.63) is 77.4 Å². The van der Waals surface area contributed by atoms with Gasteiger partial charge >= 0.3 is 0 Å². The Morgan fingerprint density at radius 1 is 1.28 bits per heavy atom. The van der Waals surface area contributed by atoms with Crippen molar-refractivity contribution in [1.82, 2.24) is 19.9 Å². The van der Waals surface area contributed by atoms with E-state index in [2.05, 4.69) is 58.2 Å². The molecule has 0 saturated heterocycles. The number of rotatable bonds is 8. The number of aryl methyl sites for hydroxylation is 2. The normalized spacial score (nSPS) is 15.2. The van der Waals surface area contributed by atoms with Crippen LogP contribution < -0.4 is 16.0 Å². The van der Waals surface area contributed by atoms with Crippen LogP contribution in [0.3, 0.4) is 0 Å². The van der Waals surface area contributed by atoms with Gasteiger partial charge in [-0.3, -0.25) is 4.40 Å². The summed E-state index contributed by atoms with van der Waals surface area (Å²) in [7, 11) is 3.96. The molecule has 1 aromatic carbocycles. The standard InChI is InChI=1S/C25H31N7/c1-6-20(22(27)17-11-12-17)23(28-4)24(18-9-7-15(2)8-10-18)31(5)19-13-21(26)25-30-29-16(3)32(25)14-19/h6-10,13-14,17,24,27-28H,1,11-12,26H2,2-5H3/b23-20-,27-22?. The Hall–Kier alpha value is -3.61. The lowest BCUT2D eigenvalue weighted by atomic mass is 9.94. The second-order valence-electron chi connectivity index (χ2n) is 8.49. The van der Waals surface area contributed by atoms with Crippen molar-refractivity contribution in [3.63, 3.8) is 0 Å². The second kappa shape index (κ2) is 8.49. The highest BCUT2D eigenvalue weighted by Crippen LogP contribution is 2.38. The molecule has 0 spiro atoms. The number of fused-ring (bicyclic) bond motifs is 1. The van der Waals surface area contributed by atoms with E-state index >= 15 is 0 Å². The number of allylic oxidation sites excluding steroid dienone is 2. The van der Waals surface area contributed by atoms with Crippen LogP contribution >= 0.6 is 0 Å². The van der Waals surface area contributed by atoms with Crippen LogP contribution in [0.4, 0.5) is 11.4 Å². The smallest absolute Gasteiger partial charge is 0.184 e. The minimum absolute atomic E-state index is 0.165. The Kier molecular flexibility index (Phi) is 5.74. The summed E-state index contributed by atoms with van der Waals surface area (Å²) in [6.07, 6.45) is 5.95. The molecule has 166 valence electrons. The minimum Gasteiger partial charge on any atom is -0.396 e. The molecule has 1 unspecified atom stereocenters. The molecular weight excluding hydrogens is 398 g/mol. The van der Waals surface area contributed by atoms with Gasteiger partial charge in [-0.2, -0.15) is 0 Å². The van der Waals surface area contributed by atoms with Crippen molar-refractivity contribution < 1.29 is 0 Å². The Morgan fingerprint density at radius 2 is 1.97 bits per heavy atom. The molecule has 1 saturated carbocycles. The summed E-state index contributed by atoms with van der Waals surface area (Å²) in [5.41, 5.74) is 13.3. The highest BCUT2D eigenvalue weighted by molar-refractivity contribution is 6.04. The molecule has 2 aromatic heterocycles. The van der Waals surface area contributed by atoms with E-state index in [0.717, 1.165) is 41.2 Å². The monoisotopic (exact) mass is 429 g/mol. The number of nitrogens with two attached hydrogens (primary N) is 1. The molecule has 1 fully saturated rings. The topological polar surface area (TPSA) is 95.3 Å². The number of hydrogen-bond donors (Lipinski definition) is 3. The highest BCUT2D eigenvalue weighted by Gasteiger charge is 2.32. The van der Waals surface area contributed by atoms with Gasteiger partial charge in [-0.15, -0.1) is 10.2 Å². The fourth-order valence-electron chi connectivity index (χ4n) is 4.16. The third kappa shape index (κ3) is 3.86. The van der Waals surface area contributed by atoms with E-state index in [4.69, 9.17) is 11.1 Å². The number of likely N-dealkylation sites (N-methyl/N-ethyl adjacent to an activating group) is 2. The fraction of sp³-hybridized carbons (Fsp3) is 0.320. The van der Waals surface area contributed by atoms with Gasteiger partial charge in [0, 0.05) is 43.2 Å². The molecule has 0 bridgehead atoms. The van der Waals surface area contributed by atoms with Crippen LogP contribution in [-0.2, 0) is 0 Å². The number of nitrogens with one attached hydrogen (secondary N) is 2. The predicted molar refractivity (Wildman–Crippen MR) is 131 cm³/mol. The number of aromatic nitrogens is 3. The third-order valence-corrected chi connectivity index (χ3v) is 6.19. The van der Waals surface area contributed by atoms with Gasteiger partial charge in [0.25, 0.3) is 0 Å². The number of nitrogens with zero attached hydrogens (tertiary/aromatic N) is 4. The van der Waals surface area contributed by atoms with Gasteiger partial charge in [0.05, 0.1) is 17.4 Å². The van der Waals surface area contributed by atoms with Crippen LogP contribution in [-0.4, -0.2) is 34.4 Å². The average molecular weight is 430 g/mol. The van der Waals surface area contributed by atoms with Gasteiger partial charge in [-0.25, -0.2) is 0 Å². The number of benzene rings is 1. The molecule has 32 heavy (non-hydrogen) atoms. The summed E-state index contributed by atoms with van der Waals surface area (Å²) in [6.45, 7) is 8.04. The van der Waals surface area contributed by atoms with Crippen molar-refractivity contribution in [2.45, 2.75) is 32.7 Å². The zero-order valence-electron chi connectivity index (χ0n) is 19.2. The lowest BCUT2D eigenvalue weighted by Crippen LogP contribution is -2.32. The summed E-state index contributed by atoms with van der Waals surface area (Å²) in [5, 5.41) is 20.5. The summed E-state index contributed by atoms with van der Waals surface area (Å²) in [6, 6.07) is 10.3. The van der Waals surface area contributed by atoms with Gasteiger partial charge in [0.15, 0.2) is 5.65 Å². The van der Waals surface area contributed by atoms with Crippen molar-refractivity contribution in [1.29, 1.82) is 5.41 Å². The Morgan fingerprint density at radius 3 is 2.56 bits per heavy atom. The molecule has 0 radical (unpaired) electrons. The van der Waals surface area contributed by atoms with E-state index in [-0.39, 0.29) is 6.04 Å². The fourth-order valence-corrected chi connectivity index (χ4v) is 4.16. The third-order valence-electron chi connectivity index (χ3n) is 6.19. The van der Waals surface area contributed by atoms with Crippen molar-refractivity contribution in [2.75, 3.05) is 24.7 Å². The SMILES string of the molecule is C=C/C(C(=N)C1CC1)=C(/NC)C(c1ccc(C)cc1)N(C)c1cc(N)c2nnc(C)n2c1. The molecule has 4 N–H and O–H groups in total. The number of anilines is 2. The molecule has 0 amide bonds. The van der Waals surface area contributed by atoms with Crippen LogP contribution in [0.2, 0.25) is 0 Å². The number of hydrogen-bond acceptors (Lipinski definition) is 6. The molecule has 2 heterocycles. The second-order valence-corrected chi connectivity index (χ2v) is 8.49. The maximum atomic E-state index is 8.75. The van der Waals surface area contributed by atoms with Gasteiger partial charge in [-0.1, -0.05) is 42.5 Å². The zero-order valence-corrected chi connectivity index (χ0v) is 19.2. The van der Waals surface area contributed by atoms with Gasteiger partial charge < -0.3 is 21.4 Å². The van der Waals surface area contributed by atoms with Crippen LogP contribution in [0.15, 0.2) is 60.5 Å². The first-order chi connectivity index (χ1) is 15.3.